The van der Waals surface area contributed by atoms with Gasteiger partial charge in [-0.25, -0.2) is 0 Å². The van der Waals surface area contributed by atoms with Crippen molar-refractivity contribution in [2.24, 2.45) is 17.6 Å². The maximum atomic E-state index is 12.8. The number of primary amides is 1. The molecule has 0 saturated carbocycles. The molecule has 0 fully saturated rings. The third-order valence-electron chi connectivity index (χ3n) is 4.59. The summed E-state index contributed by atoms with van der Waals surface area (Å²) >= 11 is 0. The highest BCUT2D eigenvalue weighted by Crippen LogP contribution is 2.22. The van der Waals surface area contributed by atoms with E-state index in [0.717, 1.165) is 19.6 Å². The molecule has 2 aromatic carbocycles. The standard InChI is InChI=1S/C20H22N2O6/c1-11(15(19(25)27-2)20(26)28-3)16(17(21)23)22-18(24)14-10-6-8-12-7-4-5-9-13(12)14/h4-11,15-16H,1-3H3,(H2,21,23)(H,22,24)/t11-,16-/m0/s1. The first-order valence-electron chi connectivity index (χ1n) is 8.55. The number of amides is 2. The Hall–Kier alpha value is -3.42. The van der Waals surface area contributed by atoms with Crippen LogP contribution in [0.15, 0.2) is 42.5 Å². The average molecular weight is 386 g/mol. The zero-order valence-corrected chi connectivity index (χ0v) is 15.8. The summed E-state index contributed by atoms with van der Waals surface area (Å²) in [7, 11) is 2.22. The van der Waals surface area contributed by atoms with Crippen molar-refractivity contribution < 1.29 is 28.7 Å². The fourth-order valence-electron chi connectivity index (χ4n) is 3.08. The molecule has 0 bridgehead atoms. The number of hydrogen-bond acceptors (Lipinski definition) is 6. The largest absolute Gasteiger partial charge is 0.468 e. The molecule has 3 N–H and O–H groups in total. The normalized spacial score (nSPS) is 12.9. The number of nitrogens with two attached hydrogens (primary N) is 1. The topological polar surface area (TPSA) is 125 Å². The molecule has 28 heavy (non-hydrogen) atoms. The molecule has 148 valence electrons. The summed E-state index contributed by atoms with van der Waals surface area (Å²) in [5, 5.41) is 4.07. The van der Waals surface area contributed by atoms with Crippen molar-refractivity contribution >= 4 is 34.5 Å². The van der Waals surface area contributed by atoms with Gasteiger partial charge in [0.05, 0.1) is 14.2 Å². The van der Waals surface area contributed by atoms with Crippen LogP contribution < -0.4 is 11.1 Å². The van der Waals surface area contributed by atoms with Crippen LogP contribution >= 0.6 is 0 Å². The van der Waals surface area contributed by atoms with Crippen LogP contribution in [0.1, 0.15) is 17.3 Å². The molecule has 2 atom stereocenters. The molecule has 2 amide bonds. The molecule has 2 aromatic rings. The number of hydrogen-bond donors (Lipinski definition) is 2. The molecule has 0 aliphatic carbocycles. The number of fused-ring (bicyclic) bond motifs is 1. The molecule has 0 unspecified atom stereocenters. The maximum absolute atomic E-state index is 12.8. The Kier molecular flexibility index (Phi) is 6.70. The van der Waals surface area contributed by atoms with Gasteiger partial charge in [0.15, 0.2) is 5.92 Å². The van der Waals surface area contributed by atoms with Gasteiger partial charge in [-0.15, -0.1) is 0 Å². The van der Waals surface area contributed by atoms with Gasteiger partial charge in [0.1, 0.15) is 6.04 Å². The van der Waals surface area contributed by atoms with E-state index in [2.05, 4.69) is 14.8 Å². The highest BCUT2D eigenvalue weighted by Gasteiger charge is 2.41. The molecule has 0 radical (unpaired) electrons. The highest BCUT2D eigenvalue weighted by molar-refractivity contribution is 6.08. The summed E-state index contributed by atoms with van der Waals surface area (Å²) in [6, 6.07) is 11.1. The molecule has 0 aliphatic rings. The summed E-state index contributed by atoms with van der Waals surface area (Å²) in [5.74, 6) is -5.62. The third kappa shape index (κ3) is 4.28. The summed E-state index contributed by atoms with van der Waals surface area (Å²) in [5.41, 5.74) is 5.78. The van der Waals surface area contributed by atoms with Gasteiger partial charge in [-0.2, -0.15) is 0 Å². The van der Waals surface area contributed by atoms with Gasteiger partial charge in [-0.3, -0.25) is 19.2 Å². The number of benzene rings is 2. The Balaban J connectivity index is 2.35. The molecular formula is C20H22N2O6. The zero-order valence-electron chi connectivity index (χ0n) is 15.8. The molecule has 2 rings (SSSR count). The van der Waals surface area contributed by atoms with Crippen LogP contribution in [0.5, 0.6) is 0 Å². The smallest absolute Gasteiger partial charge is 0.320 e. The van der Waals surface area contributed by atoms with E-state index < -0.39 is 41.6 Å². The molecule has 0 aliphatic heterocycles. The summed E-state index contributed by atoms with van der Waals surface area (Å²) in [4.78, 5) is 48.9. The van der Waals surface area contributed by atoms with Gasteiger partial charge in [-0.05, 0) is 16.8 Å². The van der Waals surface area contributed by atoms with Crippen LogP contribution in [-0.4, -0.2) is 44.0 Å². The first kappa shape index (κ1) is 20.9. The van der Waals surface area contributed by atoms with E-state index in [1.807, 2.05) is 18.2 Å². The fraction of sp³-hybridized carbons (Fsp3) is 0.300. The van der Waals surface area contributed by atoms with Gasteiger partial charge in [0, 0.05) is 11.5 Å². The van der Waals surface area contributed by atoms with Crippen molar-refractivity contribution in [2.75, 3.05) is 14.2 Å². The SMILES string of the molecule is COC(=O)C(C(=O)OC)[C@H](C)[C@H](NC(=O)c1cccc2ccccc12)C(N)=O. The van der Waals surface area contributed by atoms with Crippen LogP contribution in [0, 0.1) is 11.8 Å². The van der Waals surface area contributed by atoms with Gasteiger partial charge in [0.2, 0.25) is 5.91 Å². The monoisotopic (exact) mass is 386 g/mol. The quantitative estimate of drug-likeness (QED) is 0.541. The van der Waals surface area contributed by atoms with E-state index in [4.69, 9.17) is 5.73 Å². The Morgan fingerprint density at radius 3 is 2.07 bits per heavy atom. The van der Waals surface area contributed by atoms with Crippen molar-refractivity contribution in [1.82, 2.24) is 5.32 Å². The lowest BCUT2D eigenvalue weighted by molar-refractivity contribution is -0.161. The number of nitrogens with one attached hydrogen (secondary N) is 1. The van der Waals surface area contributed by atoms with Crippen LogP contribution in [-0.2, 0) is 23.9 Å². The predicted octanol–water partition coefficient (Wildman–Crippen LogP) is 1.02. The highest BCUT2D eigenvalue weighted by atomic mass is 16.5. The van der Waals surface area contributed by atoms with E-state index in [-0.39, 0.29) is 0 Å². The van der Waals surface area contributed by atoms with E-state index in [1.54, 1.807) is 24.3 Å². The number of ether oxygens (including phenoxy) is 2. The third-order valence-corrected chi connectivity index (χ3v) is 4.59. The predicted molar refractivity (Wildman–Crippen MR) is 101 cm³/mol. The number of carbonyl (C=O) groups is 4. The lowest BCUT2D eigenvalue weighted by Crippen LogP contribution is -2.52. The first-order chi connectivity index (χ1) is 13.3. The number of rotatable bonds is 7. The minimum atomic E-state index is -1.42. The molecule has 8 nitrogen and oxygen atoms in total. The lowest BCUT2D eigenvalue weighted by atomic mass is 9.86. The lowest BCUT2D eigenvalue weighted by Gasteiger charge is -2.26. The minimum absolute atomic E-state index is 0.337. The Morgan fingerprint density at radius 2 is 1.50 bits per heavy atom. The minimum Gasteiger partial charge on any atom is -0.468 e. The first-order valence-corrected chi connectivity index (χ1v) is 8.55. The van der Waals surface area contributed by atoms with Gasteiger partial charge >= 0.3 is 11.9 Å². The molecule has 0 aromatic heterocycles. The van der Waals surface area contributed by atoms with E-state index in [0.29, 0.717) is 10.9 Å². The van der Waals surface area contributed by atoms with Crippen molar-refractivity contribution in [2.45, 2.75) is 13.0 Å². The van der Waals surface area contributed by atoms with E-state index in [1.165, 1.54) is 6.92 Å². The van der Waals surface area contributed by atoms with Crippen LogP contribution in [0.4, 0.5) is 0 Å². The molecule has 0 spiro atoms. The Morgan fingerprint density at radius 1 is 0.929 bits per heavy atom. The average Bonchev–Trinajstić information content (AvgIpc) is 2.70. The van der Waals surface area contributed by atoms with Crippen LogP contribution in [0.25, 0.3) is 10.8 Å². The second kappa shape index (κ2) is 8.98. The summed E-state index contributed by atoms with van der Waals surface area (Å²) in [6.45, 7) is 1.44. The summed E-state index contributed by atoms with van der Waals surface area (Å²) < 4.78 is 9.26. The van der Waals surface area contributed by atoms with Crippen LogP contribution in [0.3, 0.4) is 0 Å². The van der Waals surface area contributed by atoms with Crippen LogP contribution in [0.2, 0.25) is 0 Å². The van der Waals surface area contributed by atoms with Crippen molar-refractivity contribution in [3.05, 3.63) is 48.0 Å². The van der Waals surface area contributed by atoms with Crippen molar-refractivity contribution in [1.29, 1.82) is 0 Å². The van der Waals surface area contributed by atoms with Gasteiger partial charge < -0.3 is 20.5 Å². The maximum Gasteiger partial charge on any atom is 0.320 e. The second-order valence-corrected chi connectivity index (χ2v) is 6.26. The number of methoxy groups -OCH3 is 2. The number of esters is 2. The summed E-state index contributed by atoms with van der Waals surface area (Å²) in [6.07, 6.45) is 0. The zero-order chi connectivity index (χ0) is 20.8. The molecule has 0 heterocycles. The van der Waals surface area contributed by atoms with Gasteiger partial charge in [-0.1, -0.05) is 43.3 Å². The van der Waals surface area contributed by atoms with Crippen molar-refractivity contribution in [3.8, 4) is 0 Å². The van der Waals surface area contributed by atoms with Gasteiger partial charge in [0.25, 0.3) is 5.91 Å². The molecule has 8 heteroatoms. The number of carbonyl (C=O) groups excluding carboxylic acids is 4. The molecule has 0 saturated heterocycles. The second-order valence-electron chi connectivity index (χ2n) is 6.26. The fourth-order valence-corrected chi connectivity index (χ4v) is 3.08. The Labute approximate surface area is 162 Å². The molecular weight excluding hydrogens is 364 g/mol. The van der Waals surface area contributed by atoms with E-state index in [9.17, 15) is 19.2 Å². The Bertz CT molecular complexity index is 889. The van der Waals surface area contributed by atoms with Crippen molar-refractivity contribution in [3.63, 3.8) is 0 Å². The van der Waals surface area contributed by atoms with E-state index >= 15 is 0 Å².